The topological polar surface area (TPSA) is 42.0 Å². The molecule has 0 spiro atoms. The molecule has 1 heterocycles. The van der Waals surface area contributed by atoms with Crippen LogP contribution >= 0.6 is 22.9 Å². The molecule has 3 nitrogen and oxygen atoms in total. The van der Waals surface area contributed by atoms with Crippen molar-refractivity contribution >= 4 is 28.8 Å². The molecule has 1 aliphatic carbocycles. The van der Waals surface area contributed by atoms with Gasteiger partial charge in [0.1, 0.15) is 10.9 Å². The van der Waals surface area contributed by atoms with Crippen LogP contribution < -0.4 is 5.32 Å². The Morgan fingerprint density at radius 3 is 3.00 bits per heavy atom. The number of rotatable bonds is 3. The highest BCUT2D eigenvalue weighted by Crippen LogP contribution is 2.29. The van der Waals surface area contributed by atoms with Gasteiger partial charge in [0.05, 0.1) is 11.7 Å². The smallest absolute Gasteiger partial charge is 0.235 e. The second-order valence-electron chi connectivity index (χ2n) is 4.41. The third-order valence-electron chi connectivity index (χ3n) is 2.98. The molecule has 1 unspecified atom stereocenters. The molecule has 2 rings (SSSR count). The minimum atomic E-state index is -0.135. The number of nitrogens with one attached hydrogen (secondary N) is 1. The molecular weight excluding hydrogens is 256 g/mol. The van der Waals surface area contributed by atoms with E-state index in [-0.39, 0.29) is 17.8 Å². The van der Waals surface area contributed by atoms with Crippen molar-refractivity contribution in [2.24, 2.45) is 0 Å². The van der Waals surface area contributed by atoms with Gasteiger partial charge in [0.2, 0.25) is 5.91 Å². The van der Waals surface area contributed by atoms with Crippen LogP contribution in [0.1, 0.15) is 47.8 Å². The Kier molecular flexibility index (Phi) is 4.40. The van der Waals surface area contributed by atoms with E-state index < -0.39 is 0 Å². The van der Waals surface area contributed by atoms with Crippen molar-refractivity contribution in [3.63, 3.8) is 0 Å². The number of hydrogen-bond donors (Lipinski definition) is 1. The Balaban J connectivity index is 2.09. The van der Waals surface area contributed by atoms with Crippen LogP contribution in [0.15, 0.2) is 0 Å². The molecule has 1 N–H and O–H groups in total. The summed E-state index contributed by atoms with van der Waals surface area (Å²) in [7, 11) is 0. The number of amides is 1. The van der Waals surface area contributed by atoms with Gasteiger partial charge in [0.25, 0.3) is 0 Å². The summed E-state index contributed by atoms with van der Waals surface area (Å²) < 4.78 is 0. The molecule has 0 saturated carbocycles. The predicted molar refractivity (Wildman–Crippen MR) is 70.7 cm³/mol. The minimum Gasteiger partial charge on any atom is -0.346 e. The number of carbonyl (C=O) groups excluding carboxylic acids is 1. The minimum absolute atomic E-state index is 0.00935. The first kappa shape index (κ1) is 12.8. The molecule has 1 aromatic heterocycles. The van der Waals surface area contributed by atoms with Crippen LogP contribution in [-0.4, -0.2) is 16.8 Å². The maximum atomic E-state index is 11.2. The van der Waals surface area contributed by atoms with Crippen LogP contribution in [0, 0.1) is 0 Å². The Morgan fingerprint density at radius 1 is 1.47 bits per heavy atom. The monoisotopic (exact) mass is 272 g/mol. The number of thiazole rings is 1. The lowest BCUT2D eigenvalue weighted by atomic mass is 10.2. The van der Waals surface area contributed by atoms with Crippen LogP contribution in [0.2, 0.25) is 0 Å². The fourth-order valence-electron chi connectivity index (χ4n) is 2.08. The number of fused-ring (bicyclic) bond motifs is 1. The van der Waals surface area contributed by atoms with Gasteiger partial charge in [0, 0.05) is 4.88 Å². The van der Waals surface area contributed by atoms with Crippen molar-refractivity contribution in [3.05, 3.63) is 15.6 Å². The number of alkyl halides is 1. The molecule has 1 amide bonds. The number of aromatic nitrogens is 1. The Hall–Kier alpha value is -0.610. The van der Waals surface area contributed by atoms with E-state index in [0.29, 0.717) is 0 Å². The molecule has 0 bridgehead atoms. The summed E-state index contributed by atoms with van der Waals surface area (Å²) in [4.78, 5) is 17.3. The van der Waals surface area contributed by atoms with Gasteiger partial charge < -0.3 is 5.32 Å². The van der Waals surface area contributed by atoms with Crippen molar-refractivity contribution in [1.29, 1.82) is 0 Å². The van der Waals surface area contributed by atoms with E-state index in [0.717, 1.165) is 17.8 Å². The van der Waals surface area contributed by atoms with Gasteiger partial charge in [-0.2, -0.15) is 0 Å². The first-order valence-corrected chi connectivity index (χ1v) is 7.39. The SMILES string of the molecule is CC(NC(=O)CCl)c1nc2c(s1)CCCCC2. The van der Waals surface area contributed by atoms with Crippen molar-refractivity contribution in [2.45, 2.75) is 45.1 Å². The van der Waals surface area contributed by atoms with Gasteiger partial charge in [-0.25, -0.2) is 4.98 Å². The Labute approximate surface area is 111 Å². The number of carbonyl (C=O) groups is 1. The average Bonchev–Trinajstić information content (AvgIpc) is 2.61. The normalized spacial score (nSPS) is 17.1. The third kappa shape index (κ3) is 3.19. The molecule has 1 aromatic rings. The molecule has 0 saturated heterocycles. The maximum absolute atomic E-state index is 11.2. The highest BCUT2D eigenvalue weighted by Gasteiger charge is 2.18. The van der Waals surface area contributed by atoms with E-state index in [1.165, 1.54) is 29.8 Å². The van der Waals surface area contributed by atoms with Gasteiger partial charge in [-0.05, 0) is 32.6 Å². The molecule has 1 atom stereocenters. The van der Waals surface area contributed by atoms with Gasteiger partial charge in [0.15, 0.2) is 0 Å². The van der Waals surface area contributed by atoms with Gasteiger partial charge >= 0.3 is 0 Å². The van der Waals surface area contributed by atoms with Crippen LogP contribution in [0.3, 0.4) is 0 Å². The van der Waals surface area contributed by atoms with Crippen LogP contribution in [-0.2, 0) is 17.6 Å². The predicted octanol–water partition coefficient (Wildman–Crippen LogP) is 2.83. The second kappa shape index (κ2) is 5.83. The summed E-state index contributed by atoms with van der Waals surface area (Å²) >= 11 is 7.22. The lowest BCUT2D eigenvalue weighted by molar-refractivity contribution is -0.119. The van der Waals surface area contributed by atoms with Gasteiger partial charge in [-0.3, -0.25) is 4.79 Å². The largest absolute Gasteiger partial charge is 0.346 e. The quantitative estimate of drug-likeness (QED) is 0.679. The third-order valence-corrected chi connectivity index (χ3v) is 4.56. The van der Waals surface area contributed by atoms with E-state index >= 15 is 0 Å². The van der Waals surface area contributed by atoms with Crippen LogP contribution in [0.4, 0.5) is 0 Å². The lowest BCUT2D eigenvalue weighted by Gasteiger charge is -2.09. The first-order chi connectivity index (χ1) is 8.20. The van der Waals surface area contributed by atoms with Crippen molar-refractivity contribution in [3.8, 4) is 0 Å². The summed E-state index contributed by atoms with van der Waals surface area (Å²) in [6.07, 6.45) is 6.03. The average molecular weight is 273 g/mol. The molecule has 0 aliphatic heterocycles. The van der Waals surface area contributed by atoms with E-state index in [2.05, 4.69) is 10.3 Å². The molecule has 0 radical (unpaired) electrons. The molecule has 0 fully saturated rings. The van der Waals surface area contributed by atoms with Crippen molar-refractivity contribution in [2.75, 3.05) is 5.88 Å². The fraction of sp³-hybridized carbons (Fsp3) is 0.667. The number of hydrogen-bond acceptors (Lipinski definition) is 3. The van der Waals surface area contributed by atoms with E-state index in [4.69, 9.17) is 11.6 Å². The molecule has 5 heteroatoms. The molecule has 0 aromatic carbocycles. The first-order valence-electron chi connectivity index (χ1n) is 6.04. The van der Waals surface area contributed by atoms with Crippen LogP contribution in [0.25, 0.3) is 0 Å². The van der Waals surface area contributed by atoms with Gasteiger partial charge in [-0.1, -0.05) is 6.42 Å². The summed E-state index contributed by atoms with van der Waals surface area (Å²) in [5.74, 6) is -0.125. The summed E-state index contributed by atoms with van der Waals surface area (Å²) in [6, 6.07) is -0.0295. The van der Waals surface area contributed by atoms with Crippen LogP contribution in [0.5, 0.6) is 0 Å². The Morgan fingerprint density at radius 2 is 2.24 bits per heavy atom. The lowest BCUT2D eigenvalue weighted by Crippen LogP contribution is -2.27. The molecule has 1 aliphatic rings. The number of nitrogens with zero attached hydrogens (tertiary/aromatic N) is 1. The number of aryl methyl sites for hydroxylation is 2. The van der Waals surface area contributed by atoms with Crippen molar-refractivity contribution in [1.82, 2.24) is 10.3 Å². The zero-order chi connectivity index (χ0) is 12.3. The van der Waals surface area contributed by atoms with E-state index in [1.54, 1.807) is 11.3 Å². The van der Waals surface area contributed by atoms with E-state index in [1.807, 2.05) is 6.92 Å². The summed E-state index contributed by atoms with van der Waals surface area (Å²) in [6.45, 7) is 1.96. The summed E-state index contributed by atoms with van der Waals surface area (Å²) in [5, 5.41) is 3.86. The standard InChI is InChI=1S/C12H17ClN2OS/c1-8(14-11(16)7-13)12-15-9-5-3-2-4-6-10(9)17-12/h8H,2-7H2,1H3,(H,14,16). The highest BCUT2D eigenvalue weighted by atomic mass is 35.5. The summed E-state index contributed by atoms with van der Waals surface area (Å²) in [5.41, 5.74) is 1.24. The van der Waals surface area contributed by atoms with Gasteiger partial charge in [-0.15, -0.1) is 22.9 Å². The molecule has 17 heavy (non-hydrogen) atoms. The maximum Gasteiger partial charge on any atom is 0.235 e. The van der Waals surface area contributed by atoms with E-state index in [9.17, 15) is 4.79 Å². The molecule has 94 valence electrons. The zero-order valence-electron chi connectivity index (χ0n) is 9.96. The van der Waals surface area contributed by atoms with Crippen molar-refractivity contribution < 1.29 is 4.79 Å². The second-order valence-corrected chi connectivity index (χ2v) is 5.79. The fourth-order valence-corrected chi connectivity index (χ4v) is 3.31. The zero-order valence-corrected chi connectivity index (χ0v) is 11.5. The molecular formula is C12H17ClN2OS. The highest BCUT2D eigenvalue weighted by molar-refractivity contribution is 7.11. The Bertz CT molecular complexity index is 382. The number of halogens is 1.